The van der Waals surface area contributed by atoms with Gasteiger partial charge in [0.2, 0.25) is 5.91 Å². The molecule has 0 saturated carbocycles. The van der Waals surface area contributed by atoms with Crippen LogP contribution in [-0.4, -0.2) is 33.9 Å². The number of furan rings is 1. The summed E-state index contributed by atoms with van der Waals surface area (Å²) in [6.07, 6.45) is 2.27. The Morgan fingerprint density at radius 1 is 1.24 bits per heavy atom. The molecular formula is C19H19BrN4O4S. The number of primary amides is 1. The van der Waals surface area contributed by atoms with Gasteiger partial charge in [0, 0.05) is 23.1 Å². The first-order valence-electron chi connectivity index (χ1n) is 9.03. The smallest absolute Gasteiger partial charge is 0.217 e. The fourth-order valence-corrected chi connectivity index (χ4v) is 4.52. The van der Waals surface area contributed by atoms with Gasteiger partial charge in [-0.05, 0) is 29.8 Å². The lowest BCUT2D eigenvalue weighted by atomic mass is 10.2. The molecule has 2 N–H and O–H groups in total. The van der Waals surface area contributed by atoms with E-state index in [1.165, 1.54) is 0 Å². The minimum atomic E-state index is -0.369. The number of carbonyl (C=O) groups excluding carboxylic acids is 1. The lowest BCUT2D eigenvalue weighted by molar-refractivity contribution is -0.118. The summed E-state index contributed by atoms with van der Waals surface area (Å²) in [5.74, 6) is 3.26. The Labute approximate surface area is 179 Å². The van der Waals surface area contributed by atoms with E-state index in [2.05, 4.69) is 26.1 Å². The highest BCUT2D eigenvalue weighted by molar-refractivity contribution is 9.10. The predicted octanol–water partition coefficient (Wildman–Crippen LogP) is 3.16. The number of halogens is 1. The van der Waals surface area contributed by atoms with Gasteiger partial charge in [0.25, 0.3) is 0 Å². The number of rotatable bonds is 8. The summed E-state index contributed by atoms with van der Waals surface area (Å²) in [7, 11) is 0. The Bertz CT molecular complexity index is 1010. The molecule has 8 nitrogen and oxygen atoms in total. The Morgan fingerprint density at radius 3 is 2.76 bits per heavy atom. The quantitative estimate of drug-likeness (QED) is 0.495. The van der Waals surface area contributed by atoms with Gasteiger partial charge in [-0.3, -0.25) is 9.36 Å². The number of nitrogens with two attached hydrogens (primary N) is 1. The average molecular weight is 479 g/mol. The van der Waals surface area contributed by atoms with Crippen LogP contribution in [0.4, 0.5) is 0 Å². The number of thioether (sulfide) groups is 1. The fourth-order valence-electron chi connectivity index (χ4n) is 2.92. The van der Waals surface area contributed by atoms with Crippen LogP contribution in [0, 0.1) is 0 Å². The fraction of sp³-hybridized carbons (Fsp3) is 0.316. The van der Waals surface area contributed by atoms with Gasteiger partial charge < -0.3 is 19.6 Å². The molecule has 0 bridgehead atoms. The Kier molecular flexibility index (Phi) is 6.10. The molecule has 1 aliphatic rings. The van der Waals surface area contributed by atoms with Gasteiger partial charge in [-0.25, -0.2) is 0 Å². The van der Waals surface area contributed by atoms with E-state index >= 15 is 0 Å². The zero-order chi connectivity index (χ0) is 20.2. The maximum absolute atomic E-state index is 11.2. The topological polar surface area (TPSA) is 105 Å². The normalized spacial score (nSPS) is 12.9. The largest absolute Gasteiger partial charge is 0.486 e. The number of hydrogen-bond donors (Lipinski definition) is 1. The van der Waals surface area contributed by atoms with Crippen LogP contribution in [0.2, 0.25) is 0 Å². The second kappa shape index (κ2) is 8.91. The minimum Gasteiger partial charge on any atom is -0.486 e. The monoisotopic (exact) mass is 478 g/mol. The number of hydrogen-bond acceptors (Lipinski definition) is 7. The first kappa shape index (κ1) is 19.8. The lowest BCUT2D eigenvalue weighted by Gasteiger charge is -2.19. The molecule has 2 aromatic heterocycles. The standard InChI is InChI=1S/C19H19BrN4O4S/c20-14-9-16-15(27-6-7-28-16)8-12(14)11-29-19-23-22-18(4-3-17(21)25)24(19)10-13-2-1-5-26-13/h1-2,5,8-9H,3-4,6-7,10-11H2,(H2,21,25). The number of amides is 1. The van der Waals surface area contributed by atoms with Crippen LogP contribution in [-0.2, 0) is 23.5 Å². The van der Waals surface area contributed by atoms with Crippen molar-refractivity contribution in [3.05, 3.63) is 52.1 Å². The van der Waals surface area contributed by atoms with Crippen molar-refractivity contribution in [2.75, 3.05) is 13.2 Å². The van der Waals surface area contributed by atoms with Crippen molar-refractivity contribution in [2.45, 2.75) is 30.3 Å². The van der Waals surface area contributed by atoms with Crippen LogP contribution in [0.3, 0.4) is 0 Å². The molecule has 152 valence electrons. The van der Waals surface area contributed by atoms with E-state index in [9.17, 15) is 4.79 Å². The molecule has 1 aromatic carbocycles. The van der Waals surface area contributed by atoms with E-state index in [1.807, 2.05) is 28.8 Å². The molecule has 0 aliphatic carbocycles. The van der Waals surface area contributed by atoms with Crippen LogP contribution in [0.15, 0.2) is 44.6 Å². The van der Waals surface area contributed by atoms with Crippen molar-refractivity contribution >= 4 is 33.6 Å². The molecule has 10 heteroatoms. The number of nitrogens with zero attached hydrogens (tertiary/aromatic N) is 3. The summed E-state index contributed by atoms with van der Waals surface area (Å²) in [6.45, 7) is 1.58. The molecule has 0 saturated heterocycles. The highest BCUT2D eigenvalue weighted by Gasteiger charge is 2.18. The van der Waals surface area contributed by atoms with Crippen molar-refractivity contribution in [1.29, 1.82) is 0 Å². The Balaban J connectivity index is 1.54. The number of benzene rings is 1. The average Bonchev–Trinajstić information content (AvgIpc) is 3.35. The van der Waals surface area contributed by atoms with Gasteiger partial charge in [-0.15, -0.1) is 10.2 Å². The molecule has 3 heterocycles. The molecule has 1 amide bonds. The Morgan fingerprint density at radius 2 is 2.03 bits per heavy atom. The molecular weight excluding hydrogens is 460 g/mol. The number of carbonyl (C=O) groups is 1. The van der Waals surface area contributed by atoms with Crippen LogP contribution in [0.25, 0.3) is 0 Å². The zero-order valence-corrected chi connectivity index (χ0v) is 17.9. The van der Waals surface area contributed by atoms with Crippen LogP contribution in [0.5, 0.6) is 11.5 Å². The van der Waals surface area contributed by atoms with Crippen molar-refractivity contribution in [3.8, 4) is 11.5 Å². The van der Waals surface area contributed by atoms with Crippen molar-refractivity contribution < 1.29 is 18.7 Å². The van der Waals surface area contributed by atoms with Gasteiger partial charge in [0.15, 0.2) is 16.7 Å². The first-order chi connectivity index (χ1) is 14.1. The second-order valence-corrected chi connectivity index (χ2v) is 8.20. The summed E-state index contributed by atoms with van der Waals surface area (Å²) in [4.78, 5) is 11.2. The Hall–Kier alpha value is -2.46. The third-order valence-electron chi connectivity index (χ3n) is 4.35. The van der Waals surface area contributed by atoms with Gasteiger partial charge in [-0.2, -0.15) is 0 Å². The minimum absolute atomic E-state index is 0.217. The van der Waals surface area contributed by atoms with E-state index < -0.39 is 0 Å². The summed E-state index contributed by atoms with van der Waals surface area (Å²) < 4.78 is 19.7. The summed E-state index contributed by atoms with van der Waals surface area (Å²) in [6, 6.07) is 7.63. The molecule has 4 rings (SSSR count). The maximum atomic E-state index is 11.2. The molecule has 0 unspecified atom stereocenters. The molecule has 0 atom stereocenters. The molecule has 0 radical (unpaired) electrons. The van der Waals surface area contributed by atoms with Crippen molar-refractivity contribution in [2.24, 2.45) is 5.73 Å². The highest BCUT2D eigenvalue weighted by atomic mass is 79.9. The molecule has 0 fully saturated rings. The van der Waals surface area contributed by atoms with Crippen molar-refractivity contribution in [1.82, 2.24) is 14.8 Å². The predicted molar refractivity (Wildman–Crippen MR) is 110 cm³/mol. The van der Waals surface area contributed by atoms with E-state index in [4.69, 9.17) is 19.6 Å². The molecule has 29 heavy (non-hydrogen) atoms. The van der Waals surface area contributed by atoms with Crippen LogP contribution >= 0.6 is 27.7 Å². The number of aryl methyl sites for hydroxylation is 1. The summed E-state index contributed by atoms with van der Waals surface area (Å²) in [5.41, 5.74) is 6.35. The molecule has 3 aromatic rings. The SMILES string of the molecule is NC(=O)CCc1nnc(SCc2cc3c(cc2Br)OCCO3)n1Cc1ccco1. The van der Waals surface area contributed by atoms with E-state index in [0.717, 1.165) is 32.5 Å². The molecule has 1 aliphatic heterocycles. The zero-order valence-electron chi connectivity index (χ0n) is 15.5. The van der Waals surface area contributed by atoms with Gasteiger partial charge in [0.05, 0.1) is 12.8 Å². The summed E-state index contributed by atoms with van der Waals surface area (Å²) in [5, 5.41) is 9.32. The van der Waals surface area contributed by atoms with E-state index in [1.54, 1.807) is 18.0 Å². The lowest BCUT2D eigenvalue weighted by Crippen LogP contribution is -2.15. The van der Waals surface area contributed by atoms with E-state index in [-0.39, 0.29) is 12.3 Å². The summed E-state index contributed by atoms with van der Waals surface area (Å²) >= 11 is 5.15. The second-order valence-electron chi connectivity index (χ2n) is 6.41. The van der Waals surface area contributed by atoms with Gasteiger partial charge >= 0.3 is 0 Å². The van der Waals surface area contributed by atoms with Gasteiger partial charge in [-0.1, -0.05) is 27.7 Å². The van der Waals surface area contributed by atoms with Crippen LogP contribution < -0.4 is 15.2 Å². The van der Waals surface area contributed by atoms with E-state index in [0.29, 0.717) is 37.8 Å². The third kappa shape index (κ3) is 4.76. The maximum Gasteiger partial charge on any atom is 0.217 e. The van der Waals surface area contributed by atoms with Gasteiger partial charge in [0.1, 0.15) is 24.8 Å². The van der Waals surface area contributed by atoms with Crippen molar-refractivity contribution in [3.63, 3.8) is 0 Å². The first-order valence-corrected chi connectivity index (χ1v) is 10.8. The van der Waals surface area contributed by atoms with Crippen LogP contribution in [0.1, 0.15) is 23.6 Å². The molecule has 0 spiro atoms. The highest BCUT2D eigenvalue weighted by Crippen LogP contribution is 2.37. The number of aromatic nitrogens is 3. The number of fused-ring (bicyclic) bond motifs is 1. The third-order valence-corrected chi connectivity index (χ3v) is 6.10. The number of ether oxygens (including phenoxy) is 2.